The molecule has 0 aromatic carbocycles. The van der Waals surface area contributed by atoms with Crippen LogP contribution in [0, 0.1) is 0 Å². The molecule has 4 heterocycles. The van der Waals surface area contributed by atoms with Crippen LogP contribution in [-0.2, 0) is 4.79 Å². The maximum atomic E-state index is 10.6. The van der Waals surface area contributed by atoms with Gasteiger partial charge in [0.25, 0.3) is 5.88 Å². The van der Waals surface area contributed by atoms with E-state index in [4.69, 9.17) is 25.1 Å². The number of aliphatic carboxylic acids is 1. The summed E-state index contributed by atoms with van der Waals surface area (Å²) < 4.78 is 44.0. The molecule has 184 valence electrons. The van der Waals surface area contributed by atoms with Crippen molar-refractivity contribution in [3.05, 3.63) is 30.6 Å². The Kier molecular flexibility index (Phi) is 7.61. The van der Waals surface area contributed by atoms with Crippen molar-refractivity contribution in [3.63, 3.8) is 0 Å². The van der Waals surface area contributed by atoms with Gasteiger partial charge in [0, 0.05) is 37.6 Å². The Balaban J connectivity index is 0.000000406. The van der Waals surface area contributed by atoms with Crippen molar-refractivity contribution in [1.29, 1.82) is 0 Å². The van der Waals surface area contributed by atoms with E-state index in [1.54, 1.807) is 24.9 Å². The lowest BCUT2D eigenvalue weighted by Crippen LogP contribution is -2.43. The molecule has 4 N–H and O–H groups in total. The van der Waals surface area contributed by atoms with Gasteiger partial charge in [-0.3, -0.25) is 0 Å². The number of nitrogens with two attached hydrogens (primary N) is 1. The number of pyridine rings is 1. The van der Waals surface area contributed by atoms with Gasteiger partial charge >= 0.3 is 12.1 Å². The van der Waals surface area contributed by atoms with Crippen LogP contribution in [-0.4, -0.2) is 70.2 Å². The van der Waals surface area contributed by atoms with Crippen LogP contribution in [0.3, 0.4) is 0 Å². The van der Waals surface area contributed by atoms with E-state index in [-0.39, 0.29) is 6.04 Å². The molecular weight excluding hydrogens is 459 g/mol. The molecule has 0 amide bonds. The fraction of sp³-hybridized carbons (Fsp3) is 0.400. The average molecular weight is 483 g/mol. The van der Waals surface area contributed by atoms with Gasteiger partial charge < -0.3 is 30.5 Å². The molecule has 0 aliphatic carbocycles. The summed E-state index contributed by atoms with van der Waals surface area (Å²) in [7, 11) is 3.14. The number of methoxy groups -OCH3 is 2. The van der Waals surface area contributed by atoms with Crippen LogP contribution in [0.15, 0.2) is 30.6 Å². The molecule has 1 aliphatic heterocycles. The summed E-state index contributed by atoms with van der Waals surface area (Å²) in [4.78, 5) is 20.0. The van der Waals surface area contributed by atoms with Crippen molar-refractivity contribution in [1.82, 2.24) is 19.6 Å². The quantitative estimate of drug-likeness (QED) is 0.496. The predicted molar refractivity (Wildman–Crippen MR) is 117 cm³/mol. The zero-order chi connectivity index (χ0) is 24.9. The van der Waals surface area contributed by atoms with Crippen LogP contribution in [0.5, 0.6) is 11.6 Å². The Hall–Kier alpha value is -3.81. The molecule has 1 atom stereocenters. The van der Waals surface area contributed by atoms with Gasteiger partial charge in [0.15, 0.2) is 17.2 Å². The van der Waals surface area contributed by atoms with Crippen molar-refractivity contribution in [2.24, 2.45) is 5.73 Å². The molecule has 3 aromatic rings. The summed E-state index contributed by atoms with van der Waals surface area (Å²) in [6.45, 7) is 1.73. The molecule has 11 nitrogen and oxygen atoms in total. The third kappa shape index (κ3) is 5.95. The number of ether oxygens (including phenoxy) is 2. The largest absolute Gasteiger partial charge is 0.491 e. The summed E-state index contributed by atoms with van der Waals surface area (Å²) in [5.74, 6) is -0.277. The molecule has 1 fully saturated rings. The summed E-state index contributed by atoms with van der Waals surface area (Å²) in [5.41, 5.74) is 7.66. The van der Waals surface area contributed by atoms with Crippen LogP contribution < -0.4 is 25.4 Å². The maximum absolute atomic E-state index is 10.6. The van der Waals surface area contributed by atoms with Gasteiger partial charge in [-0.25, -0.2) is 14.3 Å². The molecule has 0 radical (unpaired) electrons. The summed E-state index contributed by atoms with van der Waals surface area (Å²) in [5, 5.41) is 15.1. The van der Waals surface area contributed by atoms with Gasteiger partial charge in [0.2, 0.25) is 0 Å². The van der Waals surface area contributed by atoms with Crippen molar-refractivity contribution in [2.45, 2.75) is 25.1 Å². The number of hydrogen-bond acceptors (Lipinski definition) is 9. The first kappa shape index (κ1) is 24.8. The number of hydrogen-bond donors (Lipinski definition) is 3. The van der Waals surface area contributed by atoms with Gasteiger partial charge in [0.1, 0.15) is 5.82 Å². The first-order valence-electron chi connectivity index (χ1n) is 10.1. The van der Waals surface area contributed by atoms with E-state index in [2.05, 4.69) is 25.3 Å². The van der Waals surface area contributed by atoms with E-state index < -0.39 is 12.1 Å². The number of carbonyl (C=O) groups is 1. The van der Waals surface area contributed by atoms with Gasteiger partial charge in [-0.2, -0.15) is 18.2 Å². The molecule has 1 aliphatic rings. The number of fused-ring (bicyclic) bond motifs is 1. The smallest absolute Gasteiger partial charge is 0.490 e. The minimum Gasteiger partial charge on any atom is -0.491 e. The Morgan fingerprint density at radius 3 is 2.65 bits per heavy atom. The van der Waals surface area contributed by atoms with Gasteiger partial charge in [-0.1, -0.05) is 0 Å². The lowest BCUT2D eigenvalue weighted by Gasteiger charge is -2.31. The number of nitrogens with one attached hydrogen (secondary N) is 1. The minimum atomic E-state index is -5.08. The normalized spacial score (nSPS) is 15.9. The van der Waals surface area contributed by atoms with Crippen LogP contribution >= 0.6 is 0 Å². The molecule has 0 spiro atoms. The maximum Gasteiger partial charge on any atom is 0.490 e. The summed E-state index contributed by atoms with van der Waals surface area (Å²) >= 11 is 0. The highest BCUT2D eigenvalue weighted by molar-refractivity contribution is 5.75. The van der Waals surface area contributed by atoms with Crippen LogP contribution in [0.1, 0.15) is 12.8 Å². The molecular formula is C20H24F3N7O4. The van der Waals surface area contributed by atoms with Crippen LogP contribution in [0.25, 0.3) is 5.65 Å². The predicted octanol–water partition coefficient (Wildman–Crippen LogP) is 2.45. The van der Waals surface area contributed by atoms with E-state index in [1.807, 2.05) is 24.4 Å². The zero-order valence-corrected chi connectivity index (χ0v) is 18.4. The van der Waals surface area contributed by atoms with E-state index in [0.29, 0.717) is 17.4 Å². The lowest BCUT2D eigenvalue weighted by atomic mass is 10.1. The number of aromatic nitrogens is 4. The number of carboxylic acid groups (broad SMARTS) is 1. The van der Waals surface area contributed by atoms with E-state index in [1.165, 1.54) is 0 Å². The van der Waals surface area contributed by atoms with E-state index >= 15 is 0 Å². The van der Waals surface area contributed by atoms with Crippen molar-refractivity contribution in [3.8, 4) is 11.6 Å². The highest BCUT2D eigenvalue weighted by Crippen LogP contribution is 2.29. The topological polar surface area (TPSA) is 140 Å². The van der Waals surface area contributed by atoms with E-state index in [0.717, 1.165) is 43.1 Å². The first-order chi connectivity index (χ1) is 16.1. The van der Waals surface area contributed by atoms with Gasteiger partial charge in [0.05, 0.1) is 19.9 Å². The number of halogens is 3. The van der Waals surface area contributed by atoms with Crippen LogP contribution in [0.2, 0.25) is 0 Å². The third-order valence-electron chi connectivity index (χ3n) is 4.87. The standard InChI is InChI=1S/C18H23N7O2.C2HF3O2/c1-26-14-5-6-15(22-18(14)27-2)21-13-10-16(23-25-9-7-20-17(13)25)24-8-3-4-12(19)11-24;3-2(4,5)1(6)7/h5-7,9-10,12H,3-4,8,11,19H2,1-2H3,(H,21,22);(H,6,7). The first-order valence-corrected chi connectivity index (χ1v) is 10.1. The van der Waals surface area contributed by atoms with Gasteiger partial charge in [-0.15, -0.1) is 5.10 Å². The van der Waals surface area contributed by atoms with Crippen molar-refractivity contribution >= 4 is 28.9 Å². The summed E-state index contributed by atoms with van der Waals surface area (Å²) in [6, 6.07) is 5.79. The van der Waals surface area contributed by atoms with Gasteiger partial charge in [-0.05, 0) is 25.0 Å². The molecule has 14 heteroatoms. The monoisotopic (exact) mass is 483 g/mol. The number of carboxylic acids is 1. The number of piperidine rings is 1. The number of rotatable bonds is 5. The fourth-order valence-corrected chi connectivity index (χ4v) is 3.30. The fourth-order valence-electron chi connectivity index (χ4n) is 3.30. The second-order valence-corrected chi connectivity index (χ2v) is 7.30. The Bertz CT molecular complexity index is 1140. The Labute approximate surface area is 192 Å². The number of anilines is 3. The Morgan fingerprint density at radius 2 is 2.03 bits per heavy atom. The van der Waals surface area contributed by atoms with E-state index in [9.17, 15) is 13.2 Å². The lowest BCUT2D eigenvalue weighted by molar-refractivity contribution is -0.192. The molecule has 0 bridgehead atoms. The molecule has 34 heavy (non-hydrogen) atoms. The van der Waals surface area contributed by atoms with Crippen LogP contribution in [0.4, 0.5) is 30.5 Å². The zero-order valence-electron chi connectivity index (χ0n) is 18.4. The second kappa shape index (κ2) is 10.4. The van der Waals surface area contributed by atoms with Crippen molar-refractivity contribution < 1.29 is 32.5 Å². The minimum absolute atomic E-state index is 0.169. The third-order valence-corrected chi connectivity index (χ3v) is 4.87. The summed E-state index contributed by atoms with van der Waals surface area (Å²) in [6.07, 6.45) is 0.576. The molecule has 4 rings (SSSR count). The number of alkyl halides is 3. The highest BCUT2D eigenvalue weighted by atomic mass is 19.4. The highest BCUT2D eigenvalue weighted by Gasteiger charge is 2.38. The molecule has 0 saturated carbocycles. The SMILES string of the molecule is COc1ccc(Nc2cc(N3CCCC(N)C3)nn3ccnc23)nc1OC.O=C(O)C(F)(F)F. The van der Waals surface area contributed by atoms with Crippen molar-refractivity contribution in [2.75, 3.05) is 37.5 Å². The number of nitrogens with zero attached hydrogens (tertiary/aromatic N) is 5. The molecule has 3 aromatic heterocycles. The molecule has 1 unspecified atom stereocenters. The second-order valence-electron chi connectivity index (χ2n) is 7.30. The number of imidazole rings is 1. The molecule has 1 saturated heterocycles. The average Bonchev–Trinajstić information content (AvgIpc) is 3.28. The Morgan fingerprint density at radius 1 is 1.29 bits per heavy atom.